The van der Waals surface area contributed by atoms with Gasteiger partial charge < -0.3 is 5.32 Å². The Morgan fingerprint density at radius 2 is 2.24 bits per heavy atom. The summed E-state index contributed by atoms with van der Waals surface area (Å²) in [6, 6.07) is 6.74. The van der Waals surface area contributed by atoms with Gasteiger partial charge in [0, 0.05) is 29.3 Å². The monoisotopic (exact) mass is 313 g/mol. The van der Waals surface area contributed by atoms with Gasteiger partial charge >= 0.3 is 0 Å². The highest BCUT2D eigenvalue weighted by Gasteiger charge is 2.09. The molecular weight excluding hydrogens is 305 g/mol. The molecule has 2 rings (SSSR count). The normalized spacial score (nSPS) is 10.3. The standard InChI is InChI=1S/C11H9BrClN3O/c1-16-5-4-10(15-16)14-11(17)7-2-3-8(12)9(13)6-7/h2-6H,1H3,(H,14,15,17). The van der Waals surface area contributed by atoms with Crippen LogP contribution in [0.4, 0.5) is 5.82 Å². The second-order valence-corrected chi connectivity index (χ2v) is 4.72. The lowest BCUT2D eigenvalue weighted by Crippen LogP contribution is -2.12. The lowest BCUT2D eigenvalue weighted by Gasteiger charge is -2.03. The summed E-state index contributed by atoms with van der Waals surface area (Å²) in [6.45, 7) is 0. The minimum absolute atomic E-state index is 0.238. The molecule has 1 heterocycles. The molecule has 1 N–H and O–H groups in total. The zero-order valence-electron chi connectivity index (χ0n) is 8.95. The zero-order valence-corrected chi connectivity index (χ0v) is 11.3. The van der Waals surface area contributed by atoms with Gasteiger partial charge in [-0.3, -0.25) is 9.48 Å². The van der Waals surface area contributed by atoms with E-state index >= 15 is 0 Å². The van der Waals surface area contributed by atoms with E-state index in [4.69, 9.17) is 11.6 Å². The summed E-state index contributed by atoms with van der Waals surface area (Å²) < 4.78 is 2.37. The first-order chi connectivity index (χ1) is 8.06. The number of nitrogens with zero attached hydrogens (tertiary/aromatic N) is 2. The van der Waals surface area contributed by atoms with Crippen LogP contribution in [-0.4, -0.2) is 15.7 Å². The fourth-order valence-electron chi connectivity index (χ4n) is 1.31. The van der Waals surface area contributed by atoms with Gasteiger partial charge in [-0.2, -0.15) is 5.10 Å². The maximum Gasteiger partial charge on any atom is 0.256 e. The van der Waals surface area contributed by atoms with Crippen molar-refractivity contribution in [1.82, 2.24) is 9.78 Å². The number of aromatic nitrogens is 2. The van der Waals surface area contributed by atoms with Gasteiger partial charge in [-0.25, -0.2) is 0 Å². The Hall–Kier alpha value is -1.33. The van der Waals surface area contributed by atoms with Crippen molar-refractivity contribution in [2.24, 2.45) is 7.05 Å². The molecule has 0 saturated carbocycles. The van der Waals surface area contributed by atoms with Gasteiger partial charge in [0.05, 0.1) is 5.02 Å². The Morgan fingerprint density at radius 1 is 1.47 bits per heavy atom. The van der Waals surface area contributed by atoms with E-state index in [0.717, 1.165) is 4.47 Å². The van der Waals surface area contributed by atoms with Crippen molar-refractivity contribution < 1.29 is 4.79 Å². The quantitative estimate of drug-likeness (QED) is 0.926. The summed E-state index contributed by atoms with van der Waals surface area (Å²) in [7, 11) is 1.78. The maximum atomic E-state index is 11.9. The zero-order chi connectivity index (χ0) is 12.4. The molecule has 0 aliphatic carbocycles. The highest BCUT2D eigenvalue weighted by atomic mass is 79.9. The Morgan fingerprint density at radius 3 is 2.82 bits per heavy atom. The largest absolute Gasteiger partial charge is 0.305 e. The number of carbonyl (C=O) groups is 1. The lowest BCUT2D eigenvalue weighted by atomic mass is 10.2. The number of hydrogen-bond donors (Lipinski definition) is 1. The lowest BCUT2D eigenvalue weighted by molar-refractivity contribution is 0.102. The summed E-state index contributed by atoms with van der Waals surface area (Å²) in [6.07, 6.45) is 1.75. The minimum atomic E-state index is -0.238. The topological polar surface area (TPSA) is 46.9 Å². The molecule has 2 aromatic rings. The minimum Gasteiger partial charge on any atom is -0.305 e. The predicted molar refractivity (Wildman–Crippen MR) is 70.3 cm³/mol. The first kappa shape index (κ1) is 12.1. The van der Waals surface area contributed by atoms with Crippen molar-refractivity contribution in [2.75, 3.05) is 5.32 Å². The number of anilines is 1. The summed E-state index contributed by atoms with van der Waals surface area (Å²) in [5.74, 6) is 0.273. The smallest absolute Gasteiger partial charge is 0.256 e. The molecule has 0 fully saturated rings. The maximum absolute atomic E-state index is 11.9. The molecule has 0 saturated heterocycles. The van der Waals surface area contributed by atoms with E-state index in [0.29, 0.717) is 16.4 Å². The number of halogens is 2. The van der Waals surface area contributed by atoms with E-state index < -0.39 is 0 Å². The van der Waals surface area contributed by atoms with Crippen LogP contribution < -0.4 is 5.32 Å². The van der Waals surface area contributed by atoms with Gasteiger partial charge in [0.1, 0.15) is 0 Å². The molecule has 0 spiro atoms. The molecule has 6 heteroatoms. The van der Waals surface area contributed by atoms with Crippen molar-refractivity contribution >= 4 is 39.3 Å². The van der Waals surface area contributed by atoms with Gasteiger partial charge in [-0.1, -0.05) is 11.6 Å². The van der Waals surface area contributed by atoms with E-state index in [1.807, 2.05) is 0 Å². The number of aryl methyl sites for hydroxylation is 1. The van der Waals surface area contributed by atoms with Crippen LogP contribution in [-0.2, 0) is 7.05 Å². The average Bonchev–Trinajstić information content (AvgIpc) is 2.68. The second-order valence-electron chi connectivity index (χ2n) is 3.46. The summed E-state index contributed by atoms with van der Waals surface area (Å²) in [4.78, 5) is 11.9. The van der Waals surface area contributed by atoms with Gasteiger partial charge in [-0.05, 0) is 34.1 Å². The Labute approximate surface area is 112 Å². The molecule has 0 aliphatic rings. The molecule has 1 amide bonds. The molecular formula is C11H9BrClN3O. The first-order valence-electron chi connectivity index (χ1n) is 4.82. The van der Waals surface area contributed by atoms with Crippen molar-refractivity contribution in [3.63, 3.8) is 0 Å². The first-order valence-corrected chi connectivity index (χ1v) is 5.99. The number of benzene rings is 1. The fourth-order valence-corrected chi connectivity index (χ4v) is 1.73. The van der Waals surface area contributed by atoms with E-state index in [9.17, 15) is 4.79 Å². The molecule has 1 aromatic carbocycles. The predicted octanol–water partition coefficient (Wildman–Crippen LogP) is 3.09. The van der Waals surface area contributed by atoms with Crippen LogP contribution in [0.3, 0.4) is 0 Å². The fraction of sp³-hybridized carbons (Fsp3) is 0.0909. The third-order valence-corrected chi connectivity index (χ3v) is 3.37. The van der Waals surface area contributed by atoms with Gasteiger partial charge in [0.2, 0.25) is 0 Å². The Bertz CT molecular complexity index is 568. The van der Waals surface area contributed by atoms with Crippen LogP contribution >= 0.6 is 27.5 Å². The van der Waals surface area contributed by atoms with Crippen LogP contribution in [0.2, 0.25) is 5.02 Å². The van der Waals surface area contributed by atoms with Gasteiger partial charge in [0.15, 0.2) is 5.82 Å². The molecule has 0 aliphatic heterocycles. The van der Waals surface area contributed by atoms with Crippen LogP contribution in [0.5, 0.6) is 0 Å². The van der Waals surface area contributed by atoms with Crippen molar-refractivity contribution in [3.8, 4) is 0 Å². The van der Waals surface area contributed by atoms with Gasteiger partial charge in [0.25, 0.3) is 5.91 Å². The van der Waals surface area contributed by atoms with Crippen molar-refractivity contribution in [3.05, 3.63) is 45.5 Å². The Kier molecular flexibility index (Phi) is 3.49. The third kappa shape index (κ3) is 2.87. The molecule has 0 atom stereocenters. The number of rotatable bonds is 2. The third-order valence-electron chi connectivity index (χ3n) is 2.14. The Balaban J connectivity index is 2.17. The molecule has 0 bridgehead atoms. The van der Waals surface area contributed by atoms with Crippen LogP contribution in [0.25, 0.3) is 0 Å². The molecule has 1 aromatic heterocycles. The molecule has 88 valence electrons. The van der Waals surface area contributed by atoms with Gasteiger partial charge in [-0.15, -0.1) is 0 Å². The van der Waals surface area contributed by atoms with E-state index in [2.05, 4.69) is 26.3 Å². The molecule has 4 nitrogen and oxygen atoms in total. The molecule has 0 radical (unpaired) electrons. The van der Waals surface area contributed by atoms with Crippen LogP contribution in [0.15, 0.2) is 34.9 Å². The van der Waals surface area contributed by atoms with Crippen LogP contribution in [0.1, 0.15) is 10.4 Å². The number of carbonyl (C=O) groups excluding carboxylic acids is 1. The summed E-state index contributed by atoms with van der Waals surface area (Å²) >= 11 is 9.19. The van der Waals surface area contributed by atoms with Crippen LogP contribution in [0, 0.1) is 0 Å². The second kappa shape index (κ2) is 4.89. The highest BCUT2D eigenvalue weighted by molar-refractivity contribution is 9.10. The SMILES string of the molecule is Cn1ccc(NC(=O)c2ccc(Br)c(Cl)c2)n1. The highest BCUT2D eigenvalue weighted by Crippen LogP contribution is 2.23. The van der Waals surface area contributed by atoms with Crippen molar-refractivity contribution in [1.29, 1.82) is 0 Å². The molecule has 17 heavy (non-hydrogen) atoms. The summed E-state index contributed by atoms with van der Waals surface area (Å²) in [5.41, 5.74) is 0.490. The number of amides is 1. The van der Waals surface area contributed by atoms with E-state index in [1.165, 1.54) is 0 Å². The number of nitrogens with one attached hydrogen (secondary N) is 1. The number of hydrogen-bond acceptors (Lipinski definition) is 2. The van der Waals surface area contributed by atoms with E-state index in [1.54, 1.807) is 42.2 Å². The van der Waals surface area contributed by atoms with Crippen molar-refractivity contribution in [2.45, 2.75) is 0 Å². The molecule has 0 unspecified atom stereocenters. The van der Waals surface area contributed by atoms with E-state index in [-0.39, 0.29) is 5.91 Å². The average molecular weight is 315 g/mol. The summed E-state index contributed by atoms with van der Waals surface area (Å²) in [5, 5.41) is 7.24.